The number of imide groups is 1. The Balaban J connectivity index is 0.000000317. The molecule has 1 aliphatic rings. The van der Waals surface area contributed by atoms with Crippen LogP contribution in [0.1, 0.15) is 26.7 Å². The minimum absolute atomic E-state index is 0.0741. The van der Waals surface area contributed by atoms with Crippen LogP contribution in [0.5, 0.6) is 0 Å². The number of nitrogens with one attached hydrogen (secondary N) is 1. The van der Waals surface area contributed by atoms with E-state index in [9.17, 15) is 18.0 Å². The third-order valence-electron chi connectivity index (χ3n) is 1.90. The highest BCUT2D eigenvalue weighted by Crippen LogP contribution is 2.05. The molecule has 1 fully saturated rings. The van der Waals surface area contributed by atoms with Crippen LogP contribution in [-0.2, 0) is 19.7 Å². The summed E-state index contributed by atoms with van der Waals surface area (Å²) in [5, 5.41) is 2.14. The summed E-state index contributed by atoms with van der Waals surface area (Å²) >= 11 is 0. The molecule has 0 spiro atoms. The van der Waals surface area contributed by atoms with Crippen molar-refractivity contribution in [2.45, 2.75) is 31.6 Å². The molecule has 1 heterocycles. The molecule has 7 heteroatoms. The van der Waals surface area contributed by atoms with Gasteiger partial charge in [-0.15, -0.1) is 6.58 Å². The number of hydrogen-bond acceptors (Lipinski definition) is 4. The molecule has 6 nitrogen and oxygen atoms in total. The second-order valence-electron chi connectivity index (χ2n) is 4.47. The Labute approximate surface area is 124 Å². The van der Waals surface area contributed by atoms with E-state index in [1.165, 1.54) is 17.7 Å². The summed E-state index contributed by atoms with van der Waals surface area (Å²) < 4.78 is 29.2. The minimum atomic E-state index is -4.00. The van der Waals surface area contributed by atoms with Gasteiger partial charge in [0.25, 0.3) is 10.1 Å². The Morgan fingerprint density at radius 3 is 1.67 bits per heavy atom. The summed E-state index contributed by atoms with van der Waals surface area (Å²) in [5.41, 5.74) is 1.17. The molecule has 1 aliphatic heterocycles. The number of allylic oxidation sites excluding steroid dienone is 1. The largest absolute Gasteiger partial charge is 0.296 e. The van der Waals surface area contributed by atoms with Crippen molar-refractivity contribution < 1.29 is 22.6 Å². The van der Waals surface area contributed by atoms with Crippen LogP contribution in [0.4, 0.5) is 0 Å². The van der Waals surface area contributed by atoms with Gasteiger partial charge >= 0.3 is 0 Å². The van der Waals surface area contributed by atoms with E-state index in [1.54, 1.807) is 18.2 Å². The molecule has 116 valence electrons. The third kappa shape index (κ3) is 10.5. The predicted molar refractivity (Wildman–Crippen MR) is 79.1 cm³/mol. The van der Waals surface area contributed by atoms with Crippen LogP contribution >= 0.6 is 0 Å². The quantitative estimate of drug-likeness (QED) is 0.469. The predicted octanol–water partition coefficient (Wildman–Crippen LogP) is 1.94. The first-order valence-corrected chi connectivity index (χ1v) is 7.54. The van der Waals surface area contributed by atoms with E-state index < -0.39 is 10.1 Å². The van der Waals surface area contributed by atoms with Gasteiger partial charge in [0, 0.05) is 12.8 Å². The van der Waals surface area contributed by atoms with Crippen molar-refractivity contribution in [2.24, 2.45) is 0 Å². The van der Waals surface area contributed by atoms with Gasteiger partial charge < -0.3 is 0 Å². The summed E-state index contributed by atoms with van der Waals surface area (Å²) in [4.78, 5) is 20.2. The van der Waals surface area contributed by atoms with E-state index >= 15 is 0 Å². The van der Waals surface area contributed by atoms with Crippen molar-refractivity contribution in [1.29, 1.82) is 0 Å². The summed E-state index contributed by atoms with van der Waals surface area (Å²) in [5.74, 6) is -0.296. The van der Waals surface area contributed by atoms with Gasteiger partial charge in [0.1, 0.15) is 0 Å². The number of amides is 2. The monoisotopic (exact) mass is 313 g/mol. The molecule has 2 rings (SSSR count). The second-order valence-corrected chi connectivity index (χ2v) is 5.89. The molecule has 0 unspecified atom stereocenters. The first kappa shape index (κ1) is 19.0. The first-order chi connectivity index (χ1) is 9.62. The molecular formula is C14H19NO5S. The Morgan fingerprint density at radius 1 is 1.10 bits per heavy atom. The van der Waals surface area contributed by atoms with Gasteiger partial charge in [-0.1, -0.05) is 23.8 Å². The van der Waals surface area contributed by atoms with Gasteiger partial charge in [-0.3, -0.25) is 19.5 Å². The van der Waals surface area contributed by atoms with Crippen molar-refractivity contribution in [2.75, 3.05) is 0 Å². The normalized spacial score (nSPS) is 13.3. The van der Waals surface area contributed by atoms with Crippen molar-refractivity contribution >= 4 is 21.9 Å². The Bertz CT molecular complexity index is 575. The molecule has 2 N–H and O–H groups in total. The highest BCUT2D eigenvalue weighted by atomic mass is 32.2. The second kappa shape index (κ2) is 9.04. The topological polar surface area (TPSA) is 101 Å². The zero-order chi connectivity index (χ0) is 16.5. The van der Waals surface area contributed by atoms with Gasteiger partial charge in [-0.25, -0.2) is 0 Å². The van der Waals surface area contributed by atoms with Gasteiger partial charge in [0.15, 0.2) is 0 Å². The maximum absolute atomic E-state index is 10.4. The molecule has 2 amide bonds. The fraction of sp³-hybridized carbons (Fsp3) is 0.286. The maximum Gasteiger partial charge on any atom is 0.294 e. The number of rotatable bonds is 1. The summed E-state index contributed by atoms with van der Waals surface area (Å²) in [7, 11) is -4.00. The molecule has 21 heavy (non-hydrogen) atoms. The number of hydrogen-bond donors (Lipinski definition) is 2. The fourth-order valence-corrected chi connectivity index (χ4v) is 1.60. The van der Waals surface area contributed by atoms with Crippen LogP contribution in [0.2, 0.25) is 0 Å². The highest BCUT2D eigenvalue weighted by Gasteiger charge is 2.15. The fourth-order valence-electron chi connectivity index (χ4n) is 1.10. The number of carbonyl (C=O) groups excluding carboxylic acids is 2. The SMILES string of the molecule is C=C(C)C.O=C1CCC(=O)N1.O=S(=O)(O)c1ccccc1. The lowest BCUT2D eigenvalue weighted by atomic mass is 10.4. The molecule has 0 bridgehead atoms. The lowest BCUT2D eigenvalue weighted by Gasteiger charge is -1.92. The molecule has 0 saturated carbocycles. The first-order valence-electron chi connectivity index (χ1n) is 6.10. The van der Waals surface area contributed by atoms with Crippen molar-refractivity contribution in [1.82, 2.24) is 5.32 Å². The van der Waals surface area contributed by atoms with E-state index in [4.69, 9.17) is 4.55 Å². The zero-order valence-corrected chi connectivity index (χ0v) is 12.8. The lowest BCUT2D eigenvalue weighted by molar-refractivity contribution is -0.124. The molecule has 1 saturated heterocycles. The molecule has 1 aromatic rings. The van der Waals surface area contributed by atoms with E-state index in [-0.39, 0.29) is 16.7 Å². The third-order valence-corrected chi connectivity index (χ3v) is 2.77. The van der Waals surface area contributed by atoms with Crippen molar-refractivity contribution in [3.05, 3.63) is 42.5 Å². The van der Waals surface area contributed by atoms with E-state index in [0.29, 0.717) is 12.8 Å². The van der Waals surface area contributed by atoms with Crippen LogP contribution in [0.3, 0.4) is 0 Å². The van der Waals surface area contributed by atoms with Crippen LogP contribution in [-0.4, -0.2) is 24.8 Å². The molecule has 0 atom stereocenters. The van der Waals surface area contributed by atoms with Crippen LogP contribution in [0.25, 0.3) is 0 Å². The Kier molecular flexibility index (Phi) is 8.18. The van der Waals surface area contributed by atoms with Gasteiger partial charge in [-0.2, -0.15) is 8.42 Å². The molecule has 0 radical (unpaired) electrons. The highest BCUT2D eigenvalue weighted by molar-refractivity contribution is 7.85. The Morgan fingerprint density at radius 2 is 1.48 bits per heavy atom. The van der Waals surface area contributed by atoms with E-state index in [2.05, 4.69) is 11.9 Å². The summed E-state index contributed by atoms with van der Waals surface area (Å²) in [6, 6.07) is 7.42. The maximum atomic E-state index is 10.4. The molecule has 0 aliphatic carbocycles. The smallest absolute Gasteiger partial charge is 0.294 e. The van der Waals surface area contributed by atoms with Gasteiger partial charge in [0.2, 0.25) is 11.8 Å². The lowest BCUT2D eigenvalue weighted by Crippen LogP contribution is -2.18. The number of carbonyl (C=O) groups is 2. The van der Waals surface area contributed by atoms with Gasteiger partial charge in [-0.05, 0) is 26.0 Å². The van der Waals surface area contributed by atoms with Crippen LogP contribution in [0.15, 0.2) is 47.4 Å². The summed E-state index contributed by atoms with van der Waals surface area (Å²) in [6.45, 7) is 7.50. The van der Waals surface area contributed by atoms with Crippen LogP contribution in [0, 0.1) is 0 Å². The Hall–Kier alpha value is -1.99. The van der Waals surface area contributed by atoms with Crippen LogP contribution < -0.4 is 5.32 Å². The molecule has 1 aromatic carbocycles. The standard InChI is InChI=1S/C6H6O3S.C4H5NO2.C4H8/c7-10(8,9)6-4-2-1-3-5-6;6-3-1-2-4(7)5-3;1-4(2)3/h1-5H,(H,7,8,9);1-2H2,(H,5,6,7);1H2,2-3H3. The van der Waals surface area contributed by atoms with Crippen molar-refractivity contribution in [3.63, 3.8) is 0 Å². The summed E-state index contributed by atoms with van der Waals surface area (Å²) in [6.07, 6.45) is 0.748. The number of benzene rings is 1. The molecular weight excluding hydrogens is 294 g/mol. The van der Waals surface area contributed by atoms with Crippen molar-refractivity contribution in [3.8, 4) is 0 Å². The zero-order valence-electron chi connectivity index (χ0n) is 12.0. The van der Waals surface area contributed by atoms with E-state index in [0.717, 1.165) is 0 Å². The average Bonchev–Trinajstić information content (AvgIpc) is 2.73. The van der Waals surface area contributed by atoms with Gasteiger partial charge in [0.05, 0.1) is 4.90 Å². The minimum Gasteiger partial charge on any atom is -0.296 e. The average molecular weight is 313 g/mol. The molecule has 0 aromatic heterocycles. The van der Waals surface area contributed by atoms with E-state index in [1.807, 2.05) is 13.8 Å².